The molecule has 0 unspecified atom stereocenters. The first-order valence-electron chi connectivity index (χ1n) is 10.6. The number of β-amino-alcohol motifs (C(OH)–C–C–N with tert-alkyl or cyclic N) is 1. The molecule has 0 radical (unpaired) electrons. The van der Waals surface area contributed by atoms with Crippen LogP contribution in [-0.4, -0.2) is 57.7 Å². The van der Waals surface area contributed by atoms with E-state index in [2.05, 4.69) is 19.1 Å². The number of aryl methyl sites for hydroxylation is 1. The van der Waals surface area contributed by atoms with Crippen LogP contribution in [0.25, 0.3) is 5.57 Å². The Morgan fingerprint density at radius 3 is 2.54 bits per heavy atom. The molecule has 0 spiro atoms. The Labute approximate surface area is 207 Å². The molecule has 0 amide bonds. The molecule has 1 aromatic carbocycles. The van der Waals surface area contributed by atoms with E-state index in [4.69, 9.17) is 0 Å². The molecule has 10 nitrogen and oxygen atoms in total. The van der Waals surface area contributed by atoms with Gasteiger partial charge in [-0.1, -0.05) is 24.3 Å². The lowest BCUT2D eigenvalue weighted by Crippen LogP contribution is -2.40. The third-order valence-corrected chi connectivity index (χ3v) is 6.41. The highest BCUT2D eigenvalue weighted by Crippen LogP contribution is 2.27. The Bertz CT molecular complexity index is 1510. The zero-order chi connectivity index (χ0) is 27.0. The minimum absolute atomic E-state index is 0.0601. The van der Waals surface area contributed by atoms with Gasteiger partial charge in [0.15, 0.2) is 0 Å². The van der Waals surface area contributed by atoms with Crippen molar-refractivity contribution in [2.45, 2.75) is 25.1 Å². The third-order valence-electron chi connectivity index (χ3n) is 5.45. The van der Waals surface area contributed by atoms with E-state index in [1.807, 2.05) is 0 Å². The van der Waals surface area contributed by atoms with E-state index >= 15 is 0 Å². The number of aromatic nitrogens is 4. The maximum Gasteiger partial charge on any atom is 0.534 e. The van der Waals surface area contributed by atoms with Gasteiger partial charge < -0.3 is 14.2 Å². The highest BCUT2D eigenvalue weighted by atomic mass is 32.2. The summed E-state index contributed by atoms with van der Waals surface area (Å²) < 4.78 is 78.3. The van der Waals surface area contributed by atoms with Crippen LogP contribution in [0.3, 0.4) is 0 Å². The first-order chi connectivity index (χ1) is 17.3. The molecule has 37 heavy (non-hydrogen) atoms. The van der Waals surface area contributed by atoms with Gasteiger partial charge in [-0.2, -0.15) is 26.6 Å². The minimum atomic E-state index is -5.85. The summed E-state index contributed by atoms with van der Waals surface area (Å²) in [6.07, 6.45) is 2.96. The molecule has 1 aliphatic rings. The quantitative estimate of drug-likeness (QED) is 0.283. The summed E-state index contributed by atoms with van der Waals surface area (Å²) >= 11 is 0. The van der Waals surface area contributed by atoms with Gasteiger partial charge in [-0.25, -0.2) is 19.2 Å². The van der Waals surface area contributed by atoms with Crippen LogP contribution in [0.15, 0.2) is 53.7 Å². The molecule has 2 aromatic heterocycles. The fourth-order valence-electron chi connectivity index (χ4n) is 3.49. The number of hydrogen-bond acceptors (Lipinski definition) is 9. The number of rotatable bonds is 6. The Hall–Kier alpha value is -3.85. The van der Waals surface area contributed by atoms with Gasteiger partial charge in [0.2, 0.25) is 11.8 Å². The molecule has 0 saturated heterocycles. The first-order valence-corrected chi connectivity index (χ1v) is 12.0. The average molecular weight is 541 g/mol. The number of anilines is 1. The summed E-state index contributed by atoms with van der Waals surface area (Å²) in [5.41, 5.74) is -4.38. The van der Waals surface area contributed by atoms with Crippen molar-refractivity contribution < 1.29 is 35.3 Å². The molecule has 196 valence electrons. The molecule has 1 atom stereocenters. The second kappa shape index (κ2) is 9.89. The Morgan fingerprint density at radius 2 is 1.95 bits per heavy atom. The van der Waals surface area contributed by atoms with E-state index in [1.165, 1.54) is 18.5 Å². The number of nitrogens with zero attached hydrogens (tertiary/aromatic N) is 5. The summed E-state index contributed by atoms with van der Waals surface area (Å²) in [5.74, 6) is -1.11. The van der Waals surface area contributed by atoms with Crippen LogP contribution in [0, 0.1) is 12.7 Å². The molecule has 1 aliphatic heterocycles. The van der Waals surface area contributed by atoms with E-state index in [0.29, 0.717) is 22.3 Å². The predicted octanol–water partition coefficient (Wildman–Crippen LogP) is 2.02. The molecule has 15 heteroatoms. The monoisotopic (exact) mass is 541 g/mol. The van der Waals surface area contributed by atoms with E-state index < -0.39 is 33.3 Å². The summed E-state index contributed by atoms with van der Waals surface area (Å²) in [6.45, 7) is 1.86. The molecule has 0 saturated carbocycles. The Balaban J connectivity index is 1.44. The van der Waals surface area contributed by atoms with Crippen molar-refractivity contribution in [1.82, 2.24) is 19.5 Å². The van der Waals surface area contributed by atoms with Crippen molar-refractivity contribution in [1.29, 1.82) is 0 Å². The molecule has 0 fully saturated rings. The van der Waals surface area contributed by atoms with Crippen LogP contribution in [-0.2, 0) is 16.7 Å². The Morgan fingerprint density at radius 1 is 1.19 bits per heavy atom. The summed E-state index contributed by atoms with van der Waals surface area (Å²) in [5, 5.41) is 10.6. The van der Waals surface area contributed by atoms with E-state index in [0.717, 1.165) is 16.8 Å². The summed E-state index contributed by atoms with van der Waals surface area (Å²) in [4.78, 5) is 25.6. The van der Waals surface area contributed by atoms with Crippen molar-refractivity contribution in [2.75, 3.05) is 18.0 Å². The second-order valence-corrected chi connectivity index (χ2v) is 9.64. The lowest BCUT2D eigenvalue weighted by atomic mass is 9.96. The van der Waals surface area contributed by atoms with Gasteiger partial charge in [0.1, 0.15) is 12.1 Å². The number of aliphatic hydroxyl groups excluding tert-OH is 1. The SMILES string of the molecule is Cc1ccc(C2=CCN(c3ncn(Cc4ccc(OS(=O)(=O)C(F)(F)F)nc4)c(=O)n3)C[C@@H]2O)cc1F. The van der Waals surface area contributed by atoms with Crippen LogP contribution in [0.4, 0.5) is 23.5 Å². The maximum absolute atomic E-state index is 13.9. The molecule has 0 bridgehead atoms. The number of hydrogen-bond donors (Lipinski definition) is 1. The third kappa shape index (κ3) is 5.77. The van der Waals surface area contributed by atoms with Gasteiger partial charge >= 0.3 is 21.3 Å². The molecule has 3 aromatic rings. The van der Waals surface area contributed by atoms with Gasteiger partial charge in [-0.05, 0) is 35.3 Å². The van der Waals surface area contributed by atoms with E-state index in [-0.39, 0.29) is 31.4 Å². The highest BCUT2D eigenvalue weighted by molar-refractivity contribution is 7.87. The fourth-order valence-corrected chi connectivity index (χ4v) is 3.91. The van der Waals surface area contributed by atoms with Crippen LogP contribution in [0.5, 0.6) is 5.88 Å². The summed E-state index contributed by atoms with van der Waals surface area (Å²) in [6, 6.07) is 6.83. The molecule has 1 N–H and O–H groups in total. The molecular weight excluding hydrogens is 522 g/mol. The Kier molecular flexibility index (Phi) is 7.01. The standard InChI is InChI=1S/C22H19F4N5O5S/c1-13-2-4-15(8-17(13)23)16-6-7-30(11-18(16)32)20-28-12-31(21(33)29-20)10-14-3-5-19(27-9-14)36-37(34,35)22(24,25)26/h2-6,8-9,12,18,32H,7,10-11H2,1H3/t18-/m0/s1. The van der Waals surface area contributed by atoms with Crippen molar-refractivity contribution in [2.24, 2.45) is 0 Å². The predicted molar refractivity (Wildman–Crippen MR) is 123 cm³/mol. The zero-order valence-corrected chi connectivity index (χ0v) is 19.9. The van der Waals surface area contributed by atoms with Gasteiger partial charge in [0.25, 0.3) is 0 Å². The minimum Gasteiger partial charge on any atom is -0.387 e. The van der Waals surface area contributed by atoms with E-state index in [9.17, 15) is 35.9 Å². The van der Waals surface area contributed by atoms with Crippen molar-refractivity contribution >= 4 is 21.6 Å². The van der Waals surface area contributed by atoms with Crippen LogP contribution < -0.4 is 14.8 Å². The number of alkyl halides is 3. The number of pyridine rings is 1. The fraction of sp³-hybridized carbons (Fsp3) is 0.273. The highest BCUT2D eigenvalue weighted by Gasteiger charge is 2.48. The summed E-state index contributed by atoms with van der Waals surface area (Å²) in [7, 11) is -5.85. The molecule has 4 rings (SSSR count). The van der Waals surface area contributed by atoms with Gasteiger partial charge in [-0.15, -0.1) is 0 Å². The normalized spacial score (nSPS) is 16.4. The van der Waals surface area contributed by atoms with Gasteiger partial charge in [0, 0.05) is 18.8 Å². The number of aliphatic hydroxyl groups is 1. The smallest absolute Gasteiger partial charge is 0.387 e. The largest absolute Gasteiger partial charge is 0.534 e. The van der Waals surface area contributed by atoms with Crippen LogP contribution in [0.2, 0.25) is 0 Å². The lowest BCUT2D eigenvalue weighted by Gasteiger charge is -2.30. The first kappa shape index (κ1) is 26.2. The molecule has 3 heterocycles. The average Bonchev–Trinajstić information content (AvgIpc) is 2.82. The number of benzene rings is 1. The van der Waals surface area contributed by atoms with Crippen LogP contribution >= 0.6 is 0 Å². The van der Waals surface area contributed by atoms with E-state index in [1.54, 1.807) is 30.0 Å². The van der Waals surface area contributed by atoms with Gasteiger partial charge in [-0.3, -0.25) is 4.57 Å². The molecular formula is C22H19F4N5O5S. The number of halogens is 4. The molecule has 0 aliphatic carbocycles. The van der Waals surface area contributed by atoms with Crippen molar-refractivity contribution in [3.63, 3.8) is 0 Å². The maximum atomic E-state index is 13.9. The van der Waals surface area contributed by atoms with Crippen LogP contribution in [0.1, 0.15) is 16.7 Å². The zero-order valence-electron chi connectivity index (χ0n) is 19.1. The van der Waals surface area contributed by atoms with Gasteiger partial charge in [0.05, 0.1) is 19.2 Å². The second-order valence-electron chi connectivity index (χ2n) is 8.10. The van der Waals surface area contributed by atoms with Crippen molar-refractivity contribution in [3.8, 4) is 5.88 Å². The topological polar surface area (TPSA) is 128 Å². The van der Waals surface area contributed by atoms with Crippen molar-refractivity contribution in [3.05, 3.63) is 81.9 Å². The lowest BCUT2D eigenvalue weighted by molar-refractivity contribution is -0.0501.